The van der Waals surface area contributed by atoms with Crippen LogP contribution in [0.1, 0.15) is 22.9 Å². The molecule has 1 atom stereocenters. The second kappa shape index (κ2) is 6.73. The topological polar surface area (TPSA) is 40.7 Å². The van der Waals surface area contributed by atoms with Crippen LogP contribution in [0.4, 0.5) is 4.39 Å². The van der Waals surface area contributed by atoms with E-state index in [1.807, 2.05) is 36.4 Å². The minimum atomic E-state index is -0.257. The number of benzene rings is 2. The number of nitrogens with zero attached hydrogens (tertiary/aromatic N) is 1. The zero-order valence-corrected chi connectivity index (χ0v) is 12.5. The van der Waals surface area contributed by atoms with Gasteiger partial charge in [-0.3, -0.25) is 5.10 Å². The van der Waals surface area contributed by atoms with Crippen molar-refractivity contribution in [3.05, 3.63) is 88.5 Å². The van der Waals surface area contributed by atoms with Crippen molar-refractivity contribution in [3.8, 4) is 0 Å². The minimum Gasteiger partial charge on any atom is -0.301 e. The van der Waals surface area contributed by atoms with Crippen molar-refractivity contribution >= 4 is 11.6 Å². The zero-order chi connectivity index (χ0) is 15.4. The predicted molar refractivity (Wildman–Crippen MR) is 85.1 cm³/mol. The average molecular weight is 316 g/mol. The first-order valence-corrected chi connectivity index (χ1v) is 7.33. The molecule has 3 nitrogen and oxygen atoms in total. The molecule has 2 aromatic carbocycles. The molecule has 0 saturated carbocycles. The Labute approximate surface area is 133 Å². The Hall–Kier alpha value is -2.17. The molecule has 3 rings (SSSR count). The smallest absolute Gasteiger partial charge is 0.123 e. The summed E-state index contributed by atoms with van der Waals surface area (Å²) in [6.45, 7) is 0.591. The fourth-order valence-electron chi connectivity index (χ4n) is 2.40. The quantitative estimate of drug-likeness (QED) is 0.745. The Kier molecular flexibility index (Phi) is 4.51. The van der Waals surface area contributed by atoms with Crippen LogP contribution in [0, 0.1) is 5.82 Å². The van der Waals surface area contributed by atoms with Crippen LogP contribution in [0.15, 0.2) is 60.8 Å². The molecule has 0 spiro atoms. The summed E-state index contributed by atoms with van der Waals surface area (Å²) in [6, 6.07) is 15.9. The van der Waals surface area contributed by atoms with Gasteiger partial charge in [-0.15, -0.1) is 0 Å². The maximum atomic E-state index is 13.6. The van der Waals surface area contributed by atoms with E-state index in [1.54, 1.807) is 12.3 Å². The Balaban J connectivity index is 1.91. The molecular weight excluding hydrogens is 301 g/mol. The third-order valence-corrected chi connectivity index (χ3v) is 3.65. The first-order valence-electron chi connectivity index (χ1n) is 6.95. The lowest BCUT2D eigenvalue weighted by atomic mass is 9.98. The number of hydrogen-bond donors (Lipinski definition) is 2. The molecule has 0 aliphatic carbocycles. The molecule has 0 aliphatic rings. The number of aromatic amines is 1. The molecule has 1 unspecified atom stereocenters. The van der Waals surface area contributed by atoms with Gasteiger partial charge in [-0.05, 0) is 41.5 Å². The molecule has 1 aromatic heterocycles. The fourth-order valence-corrected chi connectivity index (χ4v) is 2.59. The Morgan fingerprint density at radius 2 is 1.86 bits per heavy atom. The van der Waals surface area contributed by atoms with E-state index >= 15 is 0 Å². The standard InChI is InChI=1S/C17H15ClFN3/c18-14-5-1-3-12(9-14)17(13-4-2-6-15(19)10-13)20-11-16-7-8-21-22-16/h1-10,17,20H,11H2,(H,21,22). The monoisotopic (exact) mass is 315 g/mol. The van der Waals surface area contributed by atoms with E-state index in [0.717, 1.165) is 16.8 Å². The van der Waals surface area contributed by atoms with E-state index in [1.165, 1.54) is 12.1 Å². The number of hydrogen-bond acceptors (Lipinski definition) is 2. The molecule has 1 heterocycles. The minimum absolute atomic E-state index is 0.155. The Morgan fingerprint density at radius 3 is 2.55 bits per heavy atom. The van der Waals surface area contributed by atoms with Crippen molar-refractivity contribution in [2.75, 3.05) is 0 Å². The van der Waals surface area contributed by atoms with Gasteiger partial charge in [-0.1, -0.05) is 35.9 Å². The molecule has 0 fully saturated rings. The fraction of sp³-hybridized carbons (Fsp3) is 0.118. The highest BCUT2D eigenvalue weighted by molar-refractivity contribution is 6.30. The number of aromatic nitrogens is 2. The first kappa shape index (κ1) is 14.8. The summed E-state index contributed by atoms with van der Waals surface area (Å²) in [5.41, 5.74) is 2.79. The molecule has 5 heteroatoms. The second-order valence-corrected chi connectivity index (χ2v) is 5.44. The van der Waals surface area contributed by atoms with Crippen molar-refractivity contribution in [2.45, 2.75) is 12.6 Å². The number of H-pyrrole nitrogens is 1. The van der Waals surface area contributed by atoms with Crippen molar-refractivity contribution in [1.82, 2.24) is 15.5 Å². The van der Waals surface area contributed by atoms with Gasteiger partial charge in [0.1, 0.15) is 5.82 Å². The summed E-state index contributed by atoms with van der Waals surface area (Å²) in [7, 11) is 0. The van der Waals surface area contributed by atoms with Gasteiger partial charge in [-0.25, -0.2) is 4.39 Å². The van der Waals surface area contributed by atoms with Crippen LogP contribution in [0.5, 0.6) is 0 Å². The molecule has 22 heavy (non-hydrogen) atoms. The van der Waals surface area contributed by atoms with Gasteiger partial charge in [0.05, 0.1) is 6.04 Å². The van der Waals surface area contributed by atoms with Gasteiger partial charge >= 0.3 is 0 Å². The molecule has 0 amide bonds. The summed E-state index contributed by atoms with van der Waals surface area (Å²) in [5.74, 6) is -0.257. The highest BCUT2D eigenvalue weighted by atomic mass is 35.5. The lowest BCUT2D eigenvalue weighted by Gasteiger charge is -2.20. The lowest BCUT2D eigenvalue weighted by Crippen LogP contribution is -2.22. The van der Waals surface area contributed by atoms with Crippen molar-refractivity contribution in [3.63, 3.8) is 0 Å². The second-order valence-electron chi connectivity index (χ2n) is 5.01. The summed E-state index contributed by atoms with van der Waals surface area (Å²) in [5, 5.41) is 10.9. The highest BCUT2D eigenvalue weighted by Crippen LogP contribution is 2.25. The van der Waals surface area contributed by atoms with Crippen molar-refractivity contribution in [2.24, 2.45) is 0 Å². The molecule has 112 valence electrons. The van der Waals surface area contributed by atoms with Crippen molar-refractivity contribution < 1.29 is 4.39 Å². The lowest BCUT2D eigenvalue weighted by molar-refractivity contribution is 0.583. The predicted octanol–water partition coefficient (Wildman–Crippen LogP) is 4.08. The van der Waals surface area contributed by atoms with Gasteiger partial charge in [0.15, 0.2) is 0 Å². The Morgan fingerprint density at radius 1 is 1.09 bits per heavy atom. The van der Waals surface area contributed by atoms with Crippen LogP contribution >= 0.6 is 11.6 Å². The van der Waals surface area contributed by atoms with Crippen LogP contribution in [-0.4, -0.2) is 10.2 Å². The van der Waals surface area contributed by atoms with Crippen LogP contribution in [0.2, 0.25) is 5.02 Å². The third-order valence-electron chi connectivity index (χ3n) is 3.42. The zero-order valence-electron chi connectivity index (χ0n) is 11.8. The van der Waals surface area contributed by atoms with E-state index in [9.17, 15) is 4.39 Å². The van der Waals surface area contributed by atoms with E-state index < -0.39 is 0 Å². The normalized spacial score (nSPS) is 12.3. The van der Waals surface area contributed by atoms with Crippen LogP contribution in [0.3, 0.4) is 0 Å². The first-order chi connectivity index (χ1) is 10.7. The molecular formula is C17H15ClFN3. The highest BCUT2D eigenvalue weighted by Gasteiger charge is 2.15. The third kappa shape index (κ3) is 3.53. The van der Waals surface area contributed by atoms with Crippen LogP contribution in [0.25, 0.3) is 0 Å². The summed E-state index contributed by atoms with van der Waals surface area (Å²) in [4.78, 5) is 0. The van der Waals surface area contributed by atoms with E-state index in [-0.39, 0.29) is 11.9 Å². The SMILES string of the molecule is Fc1cccc(C(NCc2ccn[nH]2)c2cccc(Cl)c2)c1. The van der Waals surface area contributed by atoms with Gasteiger partial charge < -0.3 is 5.32 Å². The largest absolute Gasteiger partial charge is 0.301 e. The maximum absolute atomic E-state index is 13.6. The summed E-state index contributed by atoms with van der Waals surface area (Å²) >= 11 is 6.09. The molecule has 0 aliphatic heterocycles. The van der Waals surface area contributed by atoms with E-state index in [0.29, 0.717) is 11.6 Å². The van der Waals surface area contributed by atoms with Gasteiger partial charge in [-0.2, -0.15) is 5.10 Å². The van der Waals surface area contributed by atoms with E-state index in [4.69, 9.17) is 11.6 Å². The molecule has 0 saturated heterocycles. The molecule has 3 aromatic rings. The average Bonchev–Trinajstić information content (AvgIpc) is 3.01. The van der Waals surface area contributed by atoms with Gasteiger partial charge in [0, 0.05) is 23.5 Å². The molecule has 2 N–H and O–H groups in total. The summed E-state index contributed by atoms with van der Waals surface area (Å²) in [6.07, 6.45) is 1.70. The van der Waals surface area contributed by atoms with E-state index in [2.05, 4.69) is 15.5 Å². The van der Waals surface area contributed by atoms with Gasteiger partial charge in [0.2, 0.25) is 0 Å². The Bertz CT molecular complexity index is 698. The number of rotatable bonds is 5. The molecule has 0 radical (unpaired) electrons. The number of halogens is 2. The maximum Gasteiger partial charge on any atom is 0.123 e. The van der Waals surface area contributed by atoms with Crippen molar-refractivity contribution in [1.29, 1.82) is 0 Å². The van der Waals surface area contributed by atoms with Crippen LogP contribution in [-0.2, 0) is 6.54 Å². The van der Waals surface area contributed by atoms with Crippen LogP contribution < -0.4 is 5.32 Å². The molecule has 0 bridgehead atoms. The summed E-state index contributed by atoms with van der Waals surface area (Å²) < 4.78 is 13.6. The van der Waals surface area contributed by atoms with Gasteiger partial charge in [0.25, 0.3) is 0 Å². The number of nitrogens with one attached hydrogen (secondary N) is 2.